The van der Waals surface area contributed by atoms with Crippen molar-refractivity contribution in [3.05, 3.63) is 92.4 Å². The van der Waals surface area contributed by atoms with Gasteiger partial charge in [0, 0.05) is 10.0 Å². The Morgan fingerprint density at radius 1 is 0.966 bits per heavy atom. The summed E-state index contributed by atoms with van der Waals surface area (Å²) in [6.07, 6.45) is 1.66. The summed E-state index contributed by atoms with van der Waals surface area (Å²) in [6.45, 7) is 0.839. The standard InChI is InChI=1S/C22H19Cl3N2O2/c1-28-21-11-16(12-26-27-13-17-6-2-3-8-19(17)24)10-20(25)22(21)29-14-15-5-4-7-18(23)9-15/h2-12,27H,13-14H2,1H3/b26-12-. The largest absolute Gasteiger partial charge is 0.493 e. The Kier molecular flexibility index (Phi) is 7.64. The van der Waals surface area contributed by atoms with E-state index < -0.39 is 0 Å². The van der Waals surface area contributed by atoms with Gasteiger partial charge in [-0.3, -0.25) is 0 Å². The van der Waals surface area contributed by atoms with Crippen LogP contribution in [0.2, 0.25) is 15.1 Å². The summed E-state index contributed by atoms with van der Waals surface area (Å²) in [5.74, 6) is 0.988. The monoisotopic (exact) mass is 448 g/mol. The van der Waals surface area contributed by atoms with Crippen LogP contribution < -0.4 is 14.9 Å². The number of rotatable bonds is 8. The normalized spacial score (nSPS) is 10.9. The topological polar surface area (TPSA) is 42.8 Å². The summed E-state index contributed by atoms with van der Waals surface area (Å²) in [6, 6.07) is 18.6. The number of methoxy groups -OCH3 is 1. The van der Waals surface area contributed by atoms with Crippen LogP contribution in [0.4, 0.5) is 0 Å². The van der Waals surface area contributed by atoms with Crippen LogP contribution in [0.25, 0.3) is 0 Å². The highest BCUT2D eigenvalue weighted by molar-refractivity contribution is 6.32. The highest BCUT2D eigenvalue weighted by Crippen LogP contribution is 2.36. The van der Waals surface area contributed by atoms with E-state index in [0.717, 1.165) is 16.7 Å². The number of nitrogens with zero attached hydrogens (tertiary/aromatic N) is 1. The van der Waals surface area contributed by atoms with Crippen LogP contribution in [-0.2, 0) is 13.2 Å². The molecular weight excluding hydrogens is 431 g/mol. The van der Waals surface area contributed by atoms with Crippen LogP contribution in [0, 0.1) is 0 Å². The Bertz CT molecular complexity index is 1010. The van der Waals surface area contributed by atoms with E-state index >= 15 is 0 Å². The Hall–Kier alpha value is -2.40. The summed E-state index contributed by atoms with van der Waals surface area (Å²) in [7, 11) is 1.56. The zero-order valence-electron chi connectivity index (χ0n) is 15.7. The van der Waals surface area contributed by atoms with Gasteiger partial charge in [-0.1, -0.05) is 65.1 Å². The van der Waals surface area contributed by atoms with Gasteiger partial charge < -0.3 is 14.9 Å². The number of hydrazone groups is 1. The molecule has 0 atom stereocenters. The molecule has 0 saturated carbocycles. The first-order chi connectivity index (χ1) is 14.1. The Balaban J connectivity index is 1.66. The van der Waals surface area contributed by atoms with Crippen LogP contribution in [0.3, 0.4) is 0 Å². The van der Waals surface area contributed by atoms with Gasteiger partial charge in [-0.05, 0) is 47.0 Å². The van der Waals surface area contributed by atoms with Gasteiger partial charge >= 0.3 is 0 Å². The first-order valence-corrected chi connectivity index (χ1v) is 9.94. The lowest BCUT2D eigenvalue weighted by Gasteiger charge is -2.13. The van der Waals surface area contributed by atoms with Crippen molar-refractivity contribution in [3.63, 3.8) is 0 Å². The van der Waals surface area contributed by atoms with Crippen molar-refractivity contribution >= 4 is 41.0 Å². The molecule has 0 aromatic heterocycles. The number of hydrogen-bond donors (Lipinski definition) is 1. The van der Waals surface area contributed by atoms with E-state index in [4.69, 9.17) is 44.3 Å². The third kappa shape index (κ3) is 6.04. The fraction of sp³-hybridized carbons (Fsp3) is 0.136. The van der Waals surface area contributed by atoms with Crippen molar-refractivity contribution < 1.29 is 9.47 Å². The Morgan fingerprint density at radius 2 is 1.79 bits per heavy atom. The van der Waals surface area contributed by atoms with Crippen LogP contribution in [-0.4, -0.2) is 13.3 Å². The first-order valence-electron chi connectivity index (χ1n) is 8.81. The summed E-state index contributed by atoms with van der Waals surface area (Å²) >= 11 is 18.6. The van der Waals surface area contributed by atoms with Gasteiger partial charge in [0.1, 0.15) is 6.61 Å². The van der Waals surface area contributed by atoms with Crippen molar-refractivity contribution in [2.75, 3.05) is 7.11 Å². The molecule has 3 aromatic carbocycles. The molecule has 3 rings (SSSR count). The van der Waals surface area contributed by atoms with Gasteiger partial charge in [-0.25, -0.2) is 0 Å². The summed E-state index contributed by atoms with van der Waals surface area (Å²) in [4.78, 5) is 0. The molecule has 1 N–H and O–H groups in total. The van der Waals surface area contributed by atoms with E-state index in [1.807, 2.05) is 48.5 Å². The van der Waals surface area contributed by atoms with Crippen molar-refractivity contribution in [2.45, 2.75) is 13.2 Å². The maximum Gasteiger partial charge on any atom is 0.180 e. The van der Waals surface area contributed by atoms with Gasteiger partial charge in [-0.2, -0.15) is 5.10 Å². The quantitative estimate of drug-likeness (QED) is 0.321. The van der Waals surface area contributed by atoms with E-state index in [-0.39, 0.29) is 0 Å². The molecule has 0 heterocycles. The Morgan fingerprint density at radius 3 is 2.55 bits per heavy atom. The minimum absolute atomic E-state index is 0.323. The highest BCUT2D eigenvalue weighted by Gasteiger charge is 2.12. The molecule has 0 saturated heterocycles. The first kappa shape index (κ1) is 21.3. The van der Waals surface area contributed by atoms with Gasteiger partial charge in [0.15, 0.2) is 11.5 Å². The van der Waals surface area contributed by atoms with Crippen LogP contribution >= 0.6 is 34.8 Å². The fourth-order valence-electron chi connectivity index (χ4n) is 2.63. The number of hydrogen-bond acceptors (Lipinski definition) is 4. The van der Waals surface area contributed by atoms with Crippen LogP contribution in [0.5, 0.6) is 11.5 Å². The van der Waals surface area contributed by atoms with Crippen molar-refractivity contribution in [1.82, 2.24) is 5.43 Å². The number of nitrogens with one attached hydrogen (secondary N) is 1. The van der Waals surface area contributed by atoms with E-state index in [0.29, 0.717) is 39.7 Å². The van der Waals surface area contributed by atoms with Crippen LogP contribution in [0.1, 0.15) is 16.7 Å². The second kappa shape index (κ2) is 10.4. The van der Waals surface area contributed by atoms with Gasteiger partial charge in [0.25, 0.3) is 0 Å². The van der Waals surface area contributed by atoms with Gasteiger partial charge in [0.2, 0.25) is 0 Å². The molecule has 0 amide bonds. The SMILES string of the molecule is COc1cc(/C=N\NCc2ccccc2Cl)cc(Cl)c1OCc1cccc(Cl)c1. The summed E-state index contributed by atoms with van der Waals surface area (Å²) in [5.41, 5.74) is 5.64. The third-order valence-corrected chi connectivity index (χ3v) is 4.94. The lowest BCUT2D eigenvalue weighted by molar-refractivity contribution is 0.284. The second-order valence-corrected chi connectivity index (χ2v) is 7.39. The highest BCUT2D eigenvalue weighted by atomic mass is 35.5. The van der Waals surface area contributed by atoms with Crippen LogP contribution in [0.15, 0.2) is 65.8 Å². The van der Waals surface area contributed by atoms with Crippen molar-refractivity contribution in [1.29, 1.82) is 0 Å². The zero-order valence-corrected chi connectivity index (χ0v) is 17.9. The van der Waals surface area contributed by atoms with Gasteiger partial charge in [0.05, 0.1) is 24.9 Å². The molecule has 0 bridgehead atoms. The predicted molar refractivity (Wildman–Crippen MR) is 120 cm³/mol. The molecule has 7 heteroatoms. The fourth-order valence-corrected chi connectivity index (χ4v) is 3.32. The minimum Gasteiger partial charge on any atom is -0.493 e. The molecule has 3 aromatic rings. The second-order valence-electron chi connectivity index (χ2n) is 6.14. The number of halogens is 3. The lowest BCUT2D eigenvalue weighted by atomic mass is 10.2. The molecular formula is C22H19Cl3N2O2. The zero-order chi connectivity index (χ0) is 20.6. The smallest absolute Gasteiger partial charge is 0.180 e. The molecule has 0 unspecified atom stereocenters. The molecule has 0 fully saturated rings. The van der Waals surface area contributed by atoms with E-state index in [1.165, 1.54) is 0 Å². The van der Waals surface area contributed by atoms with Gasteiger partial charge in [-0.15, -0.1) is 0 Å². The van der Waals surface area contributed by atoms with E-state index in [1.54, 1.807) is 25.5 Å². The average molecular weight is 450 g/mol. The molecule has 0 aliphatic rings. The molecule has 0 radical (unpaired) electrons. The molecule has 0 aliphatic heterocycles. The summed E-state index contributed by atoms with van der Waals surface area (Å²) < 4.78 is 11.3. The minimum atomic E-state index is 0.323. The van der Waals surface area contributed by atoms with Crippen molar-refractivity contribution in [2.24, 2.45) is 5.10 Å². The lowest BCUT2D eigenvalue weighted by Crippen LogP contribution is -2.06. The summed E-state index contributed by atoms with van der Waals surface area (Å²) in [5, 5.41) is 6.00. The Labute approximate surface area is 185 Å². The predicted octanol–water partition coefficient (Wildman–Crippen LogP) is 6.36. The number of ether oxygens (including phenoxy) is 2. The molecule has 29 heavy (non-hydrogen) atoms. The van der Waals surface area contributed by atoms with E-state index in [9.17, 15) is 0 Å². The third-order valence-electron chi connectivity index (χ3n) is 4.06. The maximum absolute atomic E-state index is 6.41. The molecule has 150 valence electrons. The molecule has 4 nitrogen and oxygen atoms in total. The van der Waals surface area contributed by atoms with E-state index in [2.05, 4.69) is 10.5 Å². The molecule has 0 aliphatic carbocycles. The average Bonchev–Trinajstić information content (AvgIpc) is 2.71. The molecule has 0 spiro atoms. The number of benzene rings is 3. The van der Waals surface area contributed by atoms with Crippen molar-refractivity contribution in [3.8, 4) is 11.5 Å². The maximum atomic E-state index is 6.41.